The highest BCUT2D eigenvalue weighted by Crippen LogP contribution is 2.42. The Morgan fingerprint density at radius 1 is 1.40 bits per heavy atom. The highest BCUT2D eigenvalue weighted by molar-refractivity contribution is 5.93. The van der Waals surface area contributed by atoms with Crippen LogP contribution in [0.2, 0.25) is 0 Å². The summed E-state index contributed by atoms with van der Waals surface area (Å²) in [6, 6.07) is 9.59. The van der Waals surface area contributed by atoms with Crippen LogP contribution in [0.15, 0.2) is 42.7 Å². The van der Waals surface area contributed by atoms with Crippen molar-refractivity contribution in [3.63, 3.8) is 0 Å². The zero-order valence-corrected chi connectivity index (χ0v) is 14.4. The highest BCUT2D eigenvalue weighted by atomic mass is 16.5. The van der Waals surface area contributed by atoms with Crippen molar-refractivity contribution in [1.29, 1.82) is 0 Å². The van der Waals surface area contributed by atoms with Gasteiger partial charge in [-0.15, -0.1) is 0 Å². The predicted molar refractivity (Wildman–Crippen MR) is 92.0 cm³/mol. The van der Waals surface area contributed by atoms with Crippen molar-refractivity contribution in [2.45, 2.75) is 6.61 Å². The van der Waals surface area contributed by atoms with Gasteiger partial charge in [-0.3, -0.25) is 9.78 Å². The van der Waals surface area contributed by atoms with E-state index in [2.05, 4.69) is 4.98 Å². The standard InChI is InChI=1S/C19H23N3O3/c1-21-8-4-6-17(21)18(23)22-9-15-10-24-13-19(15,12-22)14-25-11-16-5-2-3-7-20-16/h2-8,15H,9-14H2,1H3/t15-,19+/m1/s1. The summed E-state index contributed by atoms with van der Waals surface area (Å²) in [5.74, 6) is 0.423. The second-order valence-electron chi connectivity index (χ2n) is 7.08. The fraction of sp³-hybridized carbons (Fsp3) is 0.474. The number of hydrogen-bond donors (Lipinski definition) is 0. The normalized spacial score (nSPS) is 25.3. The van der Waals surface area contributed by atoms with Gasteiger partial charge in [0.15, 0.2) is 0 Å². The molecule has 0 N–H and O–H groups in total. The molecule has 2 aromatic heterocycles. The van der Waals surface area contributed by atoms with Gasteiger partial charge in [-0.05, 0) is 24.3 Å². The van der Waals surface area contributed by atoms with Crippen molar-refractivity contribution in [2.24, 2.45) is 18.4 Å². The first kappa shape index (κ1) is 16.3. The average molecular weight is 341 g/mol. The maximum absolute atomic E-state index is 12.8. The molecular weight excluding hydrogens is 318 g/mol. The first-order chi connectivity index (χ1) is 12.2. The molecule has 2 aromatic rings. The number of ether oxygens (including phenoxy) is 2. The Morgan fingerprint density at radius 3 is 3.08 bits per heavy atom. The number of carbonyl (C=O) groups is 1. The van der Waals surface area contributed by atoms with Crippen molar-refractivity contribution in [3.8, 4) is 0 Å². The molecule has 0 aromatic carbocycles. The molecule has 6 heteroatoms. The van der Waals surface area contributed by atoms with Crippen LogP contribution in [0.5, 0.6) is 0 Å². The van der Waals surface area contributed by atoms with Gasteiger partial charge >= 0.3 is 0 Å². The minimum absolute atomic E-state index is 0.0889. The second-order valence-corrected chi connectivity index (χ2v) is 7.08. The Labute approximate surface area is 147 Å². The Hall–Kier alpha value is -2.18. The van der Waals surface area contributed by atoms with E-state index in [4.69, 9.17) is 9.47 Å². The molecule has 0 spiro atoms. The second kappa shape index (κ2) is 6.61. The zero-order valence-electron chi connectivity index (χ0n) is 14.4. The third-order valence-electron chi connectivity index (χ3n) is 5.34. The van der Waals surface area contributed by atoms with E-state index in [1.807, 2.05) is 53.0 Å². The van der Waals surface area contributed by atoms with Gasteiger partial charge in [0.2, 0.25) is 0 Å². The molecule has 0 saturated carbocycles. The zero-order chi connectivity index (χ0) is 17.3. The van der Waals surface area contributed by atoms with Crippen LogP contribution in [0.1, 0.15) is 16.2 Å². The van der Waals surface area contributed by atoms with Crippen LogP contribution in [0, 0.1) is 11.3 Å². The summed E-state index contributed by atoms with van der Waals surface area (Å²) in [5, 5.41) is 0. The lowest BCUT2D eigenvalue weighted by molar-refractivity contribution is 0.0174. The van der Waals surface area contributed by atoms with Gasteiger partial charge in [0.1, 0.15) is 5.69 Å². The number of aromatic nitrogens is 2. The Bertz CT molecular complexity index is 745. The van der Waals surface area contributed by atoms with Crippen molar-refractivity contribution < 1.29 is 14.3 Å². The molecule has 0 unspecified atom stereocenters. The summed E-state index contributed by atoms with van der Waals surface area (Å²) in [4.78, 5) is 19.1. The van der Waals surface area contributed by atoms with Gasteiger partial charge < -0.3 is 18.9 Å². The number of likely N-dealkylation sites (tertiary alicyclic amines) is 1. The molecule has 4 heterocycles. The van der Waals surface area contributed by atoms with Crippen molar-refractivity contribution in [1.82, 2.24) is 14.5 Å². The minimum atomic E-state index is -0.102. The Balaban J connectivity index is 1.42. The molecule has 4 rings (SSSR count). The number of hydrogen-bond acceptors (Lipinski definition) is 4. The van der Waals surface area contributed by atoms with Crippen LogP contribution in [0.4, 0.5) is 0 Å². The molecule has 2 aliphatic heterocycles. The predicted octanol–water partition coefficient (Wildman–Crippen LogP) is 1.73. The van der Waals surface area contributed by atoms with Crippen LogP contribution < -0.4 is 0 Å². The number of pyridine rings is 1. The molecule has 1 amide bonds. The van der Waals surface area contributed by atoms with Crippen LogP contribution in [0.3, 0.4) is 0 Å². The molecule has 25 heavy (non-hydrogen) atoms. The summed E-state index contributed by atoms with van der Waals surface area (Å²) >= 11 is 0. The summed E-state index contributed by atoms with van der Waals surface area (Å²) < 4.78 is 13.6. The third-order valence-corrected chi connectivity index (χ3v) is 5.34. The number of nitrogens with zero attached hydrogens (tertiary/aromatic N) is 3. The van der Waals surface area contributed by atoms with E-state index < -0.39 is 0 Å². The summed E-state index contributed by atoms with van der Waals surface area (Å²) in [7, 11) is 1.90. The van der Waals surface area contributed by atoms with E-state index >= 15 is 0 Å². The lowest BCUT2D eigenvalue weighted by Gasteiger charge is -2.26. The maximum Gasteiger partial charge on any atom is 0.270 e. The Morgan fingerprint density at radius 2 is 2.32 bits per heavy atom. The average Bonchev–Trinajstić information content (AvgIpc) is 3.29. The lowest BCUT2D eigenvalue weighted by atomic mass is 9.82. The van der Waals surface area contributed by atoms with E-state index in [1.165, 1.54) is 0 Å². The number of carbonyl (C=O) groups excluding carboxylic acids is 1. The molecule has 2 aliphatic rings. The van der Waals surface area contributed by atoms with Gasteiger partial charge in [0, 0.05) is 43.9 Å². The Kier molecular flexibility index (Phi) is 4.31. The van der Waals surface area contributed by atoms with E-state index in [0.717, 1.165) is 17.9 Å². The molecule has 0 aliphatic carbocycles. The van der Waals surface area contributed by atoms with Crippen molar-refractivity contribution in [2.75, 3.05) is 32.9 Å². The van der Waals surface area contributed by atoms with Gasteiger partial charge in [-0.2, -0.15) is 0 Å². The largest absolute Gasteiger partial charge is 0.380 e. The summed E-state index contributed by atoms with van der Waals surface area (Å²) in [5.41, 5.74) is 1.55. The van der Waals surface area contributed by atoms with Gasteiger partial charge in [-0.1, -0.05) is 6.07 Å². The van der Waals surface area contributed by atoms with Crippen LogP contribution in [-0.2, 0) is 23.1 Å². The maximum atomic E-state index is 12.8. The van der Waals surface area contributed by atoms with Crippen molar-refractivity contribution >= 4 is 5.91 Å². The molecule has 2 fully saturated rings. The SMILES string of the molecule is Cn1cccc1C(=O)N1C[C@@H]2COC[C@]2(COCc2ccccn2)C1. The number of rotatable bonds is 5. The first-order valence-corrected chi connectivity index (χ1v) is 8.64. The smallest absolute Gasteiger partial charge is 0.270 e. The summed E-state index contributed by atoms with van der Waals surface area (Å²) in [6.45, 7) is 3.84. The van der Waals surface area contributed by atoms with Crippen molar-refractivity contribution in [3.05, 3.63) is 54.1 Å². The lowest BCUT2D eigenvalue weighted by Crippen LogP contribution is -2.37. The molecule has 2 atom stereocenters. The quantitative estimate of drug-likeness (QED) is 0.831. The fourth-order valence-corrected chi connectivity index (χ4v) is 3.88. The molecule has 6 nitrogen and oxygen atoms in total. The number of aryl methyl sites for hydroxylation is 1. The molecule has 0 radical (unpaired) electrons. The topological polar surface area (TPSA) is 56.6 Å². The van der Waals surface area contributed by atoms with Gasteiger partial charge in [-0.25, -0.2) is 0 Å². The molecular formula is C19H23N3O3. The van der Waals surface area contributed by atoms with Crippen LogP contribution in [0.25, 0.3) is 0 Å². The van der Waals surface area contributed by atoms with E-state index in [1.54, 1.807) is 6.20 Å². The number of fused-ring (bicyclic) bond motifs is 1. The monoisotopic (exact) mass is 341 g/mol. The van der Waals surface area contributed by atoms with Crippen LogP contribution in [-0.4, -0.2) is 53.3 Å². The minimum Gasteiger partial charge on any atom is -0.380 e. The van der Waals surface area contributed by atoms with Gasteiger partial charge in [0.05, 0.1) is 32.1 Å². The third kappa shape index (κ3) is 3.07. The molecule has 132 valence electrons. The summed E-state index contributed by atoms with van der Waals surface area (Å²) in [6.07, 6.45) is 3.67. The van der Waals surface area contributed by atoms with E-state index in [0.29, 0.717) is 38.9 Å². The highest BCUT2D eigenvalue weighted by Gasteiger charge is 2.52. The first-order valence-electron chi connectivity index (χ1n) is 8.64. The van der Waals surface area contributed by atoms with E-state index in [-0.39, 0.29) is 11.3 Å². The van der Waals surface area contributed by atoms with Gasteiger partial charge in [0.25, 0.3) is 5.91 Å². The number of amides is 1. The fourth-order valence-electron chi connectivity index (χ4n) is 3.88. The van der Waals surface area contributed by atoms with E-state index in [9.17, 15) is 4.79 Å². The molecule has 0 bridgehead atoms. The van der Waals surface area contributed by atoms with Crippen LogP contribution >= 0.6 is 0 Å². The molecule has 2 saturated heterocycles.